The maximum atomic E-state index is 12.1. The molecule has 0 aliphatic heterocycles. The molecular formula is C20H22N2O2S. The zero-order valence-electron chi connectivity index (χ0n) is 14.5. The van der Waals surface area contributed by atoms with Crippen molar-refractivity contribution in [2.24, 2.45) is 0 Å². The number of anilines is 1. The monoisotopic (exact) mass is 354 g/mol. The lowest BCUT2D eigenvalue weighted by atomic mass is 10.1. The first-order chi connectivity index (χ1) is 12.1. The standard InChI is InChI=1S/C20H22N2O2S/c1-3-11-22-12-10-15-13-16(5-6-17(15)22)21-20(24)9-7-18(23)19-8-4-14(2)25-19/h4-6,8,10,12-13H,3,7,9,11H2,1-2H3,(H,21,24). The fourth-order valence-electron chi connectivity index (χ4n) is 2.87. The minimum Gasteiger partial charge on any atom is -0.347 e. The number of thiophene rings is 1. The molecule has 0 radical (unpaired) electrons. The summed E-state index contributed by atoms with van der Waals surface area (Å²) in [7, 11) is 0. The summed E-state index contributed by atoms with van der Waals surface area (Å²) < 4.78 is 2.21. The lowest BCUT2D eigenvalue weighted by Gasteiger charge is -2.07. The van der Waals surface area contributed by atoms with Crippen molar-refractivity contribution in [3.05, 3.63) is 52.3 Å². The molecule has 0 aliphatic carbocycles. The van der Waals surface area contributed by atoms with E-state index >= 15 is 0 Å². The molecule has 1 aromatic carbocycles. The summed E-state index contributed by atoms with van der Waals surface area (Å²) in [4.78, 5) is 26.0. The van der Waals surface area contributed by atoms with Crippen LogP contribution in [-0.4, -0.2) is 16.3 Å². The number of nitrogens with one attached hydrogen (secondary N) is 1. The van der Waals surface area contributed by atoms with Crippen LogP contribution in [0.2, 0.25) is 0 Å². The van der Waals surface area contributed by atoms with Gasteiger partial charge < -0.3 is 9.88 Å². The molecule has 0 fully saturated rings. The van der Waals surface area contributed by atoms with E-state index in [1.54, 1.807) is 0 Å². The molecule has 0 spiro atoms. The molecule has 25 heavy (non-hydrogen) atoms. The van der Waals surface area contributed by atoms with Crippen LogP contribution < -0.4 is 5.32 Å². The first-order valence-corrected chi connectivity index (χ1v) is 9.37. The summed E-state index contributed by atoms with van der Waals surface area (Å²) in [5, 5.41) is 4.00. The van der Waals surface area contributed by atoms with Gasteiger partial charge in [-0.25, -0.2) is 0 Å². The van der Waals surface area contributed by atoms with Crippen molar-refractivity contribution < 1.29 is 9.59 Å². The van der Waals surface area contributed by atoms with E-state index in [4.69, 9.17) is 0 Å². The van der Waals surface area contributed by atoms with Crippen LogP contribution in [0, 0.1) is 6.92 Å². The van der Waals surface area contributed by atoms with Crippen LogP contribution >= 0.6 is 11.3 Å². The zero-order chi connectivity index (χ0) is 17.8. The minimum atomic E-state index is -0.131. The molecule has 1 N–H and O–H groups in total. The highest BCUT2D eigenvalue weighted by Crippen LogP contribution is 2.22. The van der Waals surface area contributed by atoms with Gasteiger partial charge in [-0.05, 0) is 49.7 Å². The average Bonchev–Trinajstić information content (AvgIpc) is 3.19. The third-order valence-electron chi connectivity index (χ3n) is 4.11. The molecule has 2 aromatic heterocycles. The fourth-order valence-corrected chi connectivity index (χ4v) is 3.71. The Morgan fingerprint density at radius 3 is 2.68 bits per heavy atom. The second-order valence-electron chi connectivity index (χ2n) is 6.16. The van der Waals surface area contributed by atoms with E-state index in [0.717, 1.165) is 33.8 Å². The van der Waals surface area contributed by atoms with Gasteiger partial charge in [0.15, 0.2) is 5.78 Å². The van der Waals surface area contributed by atoms with E-state index < -0.39 is 0 Å². The zero-order valence-corrected chi connectivity index (χ0v) is 15.4. The first kappa shape index (κ1) is 17.4. The highest BCUT2D eigenvalue weighted by Gasteiger charge is 2.11. The van der Waals surface area contributed by atoms with Crippen molar-refractivity contribution >= 4 is 39.6 Å². The third-order valence-corrected chi connectivity index (χ3v) is 5.16. The van der Waals surface area contributed by atoms with E-state index in [1.165, 1.54) is 16.9 Å². The molecule has 0 atom stereocenters. The number of ketones is 1. The van der Waals surface area contributed by atoms with Gasteiger partial charge in [0, 0.05) is 47.1 Å². The highest BCUT2D eigenvalue weighted by atomic mass is 32.1. The Morgan fingerprint density at radius 1 is 1.12 bits per heavy atom. The van der Waals surface area contributed by atoms with Gasteiger partial charge in [0.1, 0.15) is 0 Å². The summed E-state index contributed by atoms with van der Waals surface area (Å²) >= 11 is 1.48. The van der Waals surface area contributed by atoms with Gasteiger partial charge in [0.25, 0.3) is 0 Å². The summed E-state index contributed by atoms with van der Waals surface area (Å²) in [6.07, 6.45) is 3.59. The van der Waals surface area contributed by atoms with Crippen molar-refractivity contribution in [3.63, 3.8) is 0 Å². The third kappa shape index (κ3) is 4.17. The van der Waals surface area contributed by atoms with Gasteiger partial charge in [-0.3, -0.25) is 9.59 Å². The normalized spacial score (nSPS) is 11.0. The fraction of sp³-hybridized carbons (Fsp3) is 0.300. The molecule has 130 valence electrons. The molecular weight excluding hydrogens is 332 g/mol. The maximum absolute atomic E-state index is 12.1. The molecule has 5 heteroatoms. The molecule has 3 aromatic rings. The summed E-state index contributed by atoms with van der Waals surface area (Å²) in [6, 6.07) is 11.7. The van der Waals surface area contributed by atoms with Crippen LogP contribution in [0.1, 0.15) is 40.7 Å². The van der Waals surface area contributed by atoms with Crippen molar-refractivity contribution in [1.82, 2.24) is 4.57 Å². The Kier molecular flexibility index (Phi) is 5.34. The van der Waals surface area contributed by atoms with Crippen LogP contribution in [-0.2, 0) is 11.3 Å². The number of carbonyl (C=O) groups excluding carboxylic acids is 2. The maximum Gasteiger partial charge on any atom is 0.224 e. The number of aryl methyl sites for hydroxylation is 2. The number of benzene rings is 1. The largest absolute Gasteiger partial charge is 0.347 e. The summed E-state index contributed by atoms with van der Waals surface area (Å²) in [5.41, 5.74) is 1.94. The predicted molar refractivity (Wildman–Crippen MR) is 103 cm³/mol. The van der Waals surface area contributed by atoms with Crippen LogP contribution in [0.3, 0.4) is 0 Å². The van der Waals surface area contributed by atoms with E-state index in [-0.39, 0.29) is 24.5 Å². The molecule has 4 nitrogen and oxygen atoms in total. The molecule has 1 amide bonds. The molecule has 0 saturated heterocycles. The quantitative estimate of drug-likeness (QED) is 0.606. The smallest absolute Gasteiger partial charge is 0.224 e. The second kappa shape index (κ2) is 7.66. The first-order valence-electron chi connectivity index (χ1n) is 8.55. The van der Waals surface area contributed by atoms with Crippen LogP contribution in [0.15, 0.2) is 42.6 Å². The molecule has 0 unspecified atom stereocenters. The van der Waals surface area contributed by atoms with Gasteiger partial charge in [-0.15, -0.1) is 11.3 Å². The van der Waals surface area contributed by atoms with Crippen molar-refractivity contribution in [3.8, 4) is 0 Å². The van der Waals surface area contributed by atoms with E-state index in [0.29, 0.717) is 0 Å². The minimum absolute atomic E-state index is 0.0281. The van der Waals surface area contributed by atoms with Crippen molar-refractivity contribution in [2.45, 2.75) is 39.7 Å². The van der Waals surface area contributed by atoms with Gasteiger partial charge in [-0.2, -0.15) is 0 Å². The number of aromatic nitrogens is 1. The molecule has 3 rings (SSSR count). The number of hydrogen-bond acceptors (Lipinski definition) is 3. The van der Waals surface area contributed by atoms with Gasteiger partial charge in [-0.1, -0.05) is 6.92 Å². The Balaban J connectivity index is 1.59. The van der Waals surface area contributed by atoms with Crippen LogP contribution in [0.25, 0.3) is 10.9 Å². The van der Waals surface area contributed by atoms with Crippen LogP contribution in [0.5, 0.6) is 0 Å². The molecule has 0 bridgehead atoms. The SMILES string of the molecule is CCCn1ccc2cc(NC(=O)CCC(=O)c3ccc(C)s3)ccc21. The Labute approximate surface area is 151 Å². The van der Waals surface area contributed by atoms with E-state index in [1.807, 2.05) is 37.3 Å². The number of fused-ring (bicyclic) bond motifs is 1. The Morgan fingerprint density at radius 2 is 1.96 bits per heavy atom. The predicted octanol–water partition coefficient (Wildman–Crippen LogP) is 5.02. The van der Waals surface area contributed by atoms with Gasteiger partial charge >= 0.3 is 0 Å². The van der Waals surface area contributed by atoms with Gasteiger partial charge in [0.2, 0.25) is 5.91 Å². The number of hydrogen-bond donors (Lipinski definition) is 1. The highest BCUT2D eigenvalue weighted by molar-refractivity contribution is 7.14. The molecule has 2 heterocycles. The Bertz CT molecular complexity index is 907. The summed E-state index contributed by atoms with van der Waals surface area (Å²) in [6.45, 7) is 5.11. The number of carbonyl (C=O) groups is 2. The number of rotatable bonds is 7. The number of Topliss-reactive ketones (excluding diaryl/α,β-unsaturated/α-hetero) is 1. The van der Waals surface area contributed by atoms with Crippen LogP contribution in [0.4, 0.5) is 5.69 Å². The van der Waals surface area contributed by atoms with Gasteiger partial charge in [0.05, 0.1) is 4.88 Å². The second-order valence-corrected chi connectivity index (χ2v) is 7.45. The topological polar surface area (TPSA) is 51.1 Å². The lowest BCUT2D eigenvalue weighted by molar-refractivity contribution is -0.116. The van der Waals surface area contributed by atoms with Crippen molar-refractivity contribution in [2.75, 3.05) is 5.32 Å². The Hall–Kier alpha value is -2.40. The molecule has 0 aliphatic rings. The van der Waals surface area contributed by atoms with E-state index in [9.17, 15) is 9.59 Å². The number of amides is 1. The number of nitrogens with zero attached hydrogens (tertiary/aromatic N) is 1. The molecule has 0 saturated carbocycles. The summed E-state index contributed by atoms with van der Waals surface area (Å²) in [5.74, 6) is -0.102. The average molecular weight is 354 g/mol. The van der Waals surface area contributed by atoms with Crippen molar-refractivity contribution in [1.29, 1.82) is 0 Å². The lowest BCUT2D eigenvalue weighted by Crippen LogP contribution is -2.13. The van der Waals surface area contributed by atoms with E-state index in [2.05, 4.69) is 29.1 Å².